The Morgan fingerprint density at radius 3 is 2.39 bits per heavy atom. The highest BCUT2D eigenvalue weighted by Crippen LogP contribution is 2.20. The van der Waals surface area contributed by atoms with Crippen LogP contribution in [0.4, 0.5) is 18.9 Å². The van der Waals surface area contributed by atoms with Gasteiger partial charge >= 0.3 is 5.97 Å². The van der Waals surface area contributed by atoms with E-state index in [1.807, 2.05) is 12.2 Å². The molecule has 0 bridgehead atoms. The van der Waals surface area contributed by atoms with Gasteiger partial charge in [-0.05, 0) is 49.8 Å². The molecule has 8 heteroatoms. The van der Waals surface area contributed by atoms with Crippen molar-refractivity contribution in [3.8, 4) is 5.75 Å². The van der Waals surface area contributed by atoms with Crippen molar-refractivity contribution in [1.29, 1.82) is 0 Å². The first-order valence-electron chi connectivity index (χ1n) is 8.37. The van der Waals surface area contributed by atoms with Crippen molar-refractivity contribution in [2.45, 2.75) is 20.0 Å². The smallest absolute Gasteiger partial charge is 0.331 e. The van der Waals surface area contributed by atoms with Gasteiger partial charge < -0.3 is 14.8 Å². The van der Waals surface area contributed by atoms with E-state index in [1.165, 1.54) is 13.0 Å². The van der Waals surface area contributed by atoms with E-state index in [9.17, 15) is 22.8 Å². The monoisotopic (exact) mass is 393 g/mol. The Morgan fingerprint density at radius 2 is 1.75 bits per heavy atom. The van der Waals surface area contributed by atoms with Gasteiger partial charge in [0.05, 0.1) is 12.3 Å². The topological polar surface area (TPSA) is 64.6 Å². The molecule has 0 fully saturated rings. The molecule has 148 valence electrons. The van der Waals surface area contributed by atoms with Gasteiger partial charge in [-0.25, -0.2) is 18.0 Å². The van der Waals surface area contributed by atoms with E-state index in [-0.39, 0.29) is 0 Å². The number of rotatable bonds is 7. The Morgan fingerprint density at radius 1 is 1.07 bits per heavy atom. The third kappa shape index (κ3) is 5.60. The Balaban J connectivity index is 1.92. The van der Waals surface area contributed by atoms with Crippen LogP contribution in [0.1, 0.15) is 19.4 Å². The molecule has 2 aromatic rings. The first-order valence-corrected chi connectivity index (χ1v) is 8.37. The fourth-order valence-corrected chi connectivity index (χ4v) is 2.13. The van der Waals surface area contributed by atoms with Crippen LogP contribution in [0.2, 0.25) is 0 Å². The molecule has 0 aliphatic carbocycles. The normalized spacial score (nSPS) is 11.9. The van der Waals surface area contributed by atoms with E-state index >= 15 is 0 Å². The van der Waals surface area contributed by atoms with Gasteiger partial charge in [-0.1, -0.05) is 12.1 Å². The molecule has 0 radical (unpaired) electrons. The maximum atomic E-state index is 13.6. The van der Waals surface area contributed by atoms with E-state index in [0.717, 1.165) is 12.1 Å². The van der Waals surface area contributed by atoms with Gasteiger partial charge in [0.2, 0.25) is 0 Å². The average Bonchev–Trinajstić information content (AvgIpc) is 2.68. The van der Waals surface area contributed by atoms with Crippen molar-refractivity contribution in [2.24, 2.45) is 0 Å². The Hall–Kier alpha value is -3.29. The number of ether oxygens (including phenoxy) is 2. The van der Waals surface area contributed by atoms with E-state index < -0.39 is 41.1 Å². The van der Waals surface area contributed by atoms with Gasteiger partial charge in [-0.15, -0.1) is 0 Å². The van der Waals surface area contributed by atoms with Crippen molar-refractivity contribution < 1.29 is 32.2 Å². The number of amides is 1. The van der Waals surface area contributed by atoms with Gasteiger partial charge in [-0.3, -0.25) is 4.79 Å². The number of esters is 1. The second kappa shape index (κ2) is 9.59. The third-order valence-electron chi connectivity index (χ3n) is 3.56. The molecule has 0 saturated carbocycles. The summed E-state index contributed by atoms with van der Waals surface area (Å²) in [6.07, 6.45) is 1.32. The Bertz CT molecular complexity index is 882. The molecule has 0 heterocycles. The van der Waals surface area contributed by atoms with Crippen molar-refractivity contribution in [1.82, 2.24) is 0 Å². The maximum absolute atomic E-state index is 13.6. The predicted molar refractivity (Wildman–Crippen MR) is 97.1 cm³/mol. The van der Waals surface area contributed by atoms with Crippen LogP contribution in [0.15, 0.2) is 42.5 Å². The number of benzene rings is 2. The molecular weight excluding hydrogens is 375 g/mol. The number of carbonyl (C=O) groups excluding carboxylic acids is 2. The maximum Gasteiger partial charge on any atom is 0.331 e. The first-order chi connectivity index (χ1) is 13.3. The number of anilines is 1. The van der Waals surface area contributed by atoms with E-state index in [0.29, 0.717) is 24.0 Å². The summed E-state index contributed by atoms with van der Waals surface area (Å²) in [6.45, 7) is 3.66. The quantitative estimate of drug-likeness (QED) is 0.437. The minimum atomic E-state index is -1.71. The number of hydrogen-bond acceptors (Lipinski definition) is 4. The van der Waals surface area contributed by atoms with Crippen LogP contribution < -0.4 is 10.1 Å². The summed E-state index contributed by atoms with van der Waals surface area (Å²) in [6, 6.07) is 8.48. The molecule has 28 heavy (non-hydrogen) atoms. The van der Waals surface area contributed by atoms with Crippen LogP contribution in [0.25, 0.3) is 6.08 Å². The average molecular weight is 393 g/mol. The highest BCUT2D eigenvalue weighted by molar-refractivity contribution is 5.96. The molecule has 0 saturated heterocycles. The van der Waals surface area contributed by atoms with Crippen molar-refractivity contribution >= 4 is 23.6 Å². The zero-order valence-electron chi connectivity index (χ0n) is 15.2. The van der Waals surface area contributed by atoms with Gasteiger partial charge in [0.25, 0.3) is 5.91 Å². The molecule has 2 rings (SSSR count). The zero-order chi connectivity index (χ0) is 20.7. The van der Waals surface area contributed by atoms with Gasteiger partial charge in [0, 0.05) is 6.08 Å². The fourth-order valence-electron chi connectivity index (χ4n) is 2.13. The summed E-state index contributed by atoms with van der Waals surface area (Å²) in [4.78, 5) is 23.8. The lowest BCUT2D eigenvalue weighted by atomic mass is 10.2. The van der Waals surface area contributed by atoms with Crippen molar-refractivity contribution in [3.05, 3.63) is 65.5 Å². The molecule has 1 unspecified atom stereocenters. The first kappa shape index (κ1) is 21.0. The molecule has 0 aliphatic heterocycles. The largest absolute Gasteiger partial charge is 0.494 e. The summed E-state index contributed by atoms with van der Waals surface area (Å²) in [5.74, 6) is -5.63. The van der Waals surface area contributed by atoms with Crippen LogP contribution in [0.5, 0.6) is 5.75 Å². The number of carbonyl (C=O) groups is 2. The van der Waals surface area contributed by atoms with Crippen LogP contribution >= 0.6 is 0 Å². The summed E-state index contributed by atoms with van der Waals surface area (Å²) in [5, 5.41) is 2.04. The third-order valence-corrected chi connectivity index (χ3v) is 3.56. The second-order valence-corrected chi connectivity index (χ2v) is 5.63. The van der Waals surface area contributed by atoms with Crippen LogP contribution in [0, 0.1) is 17.5 Å². The Labute approximate surface area is 159 Å². The summed E-state index contributed by atoms with van der Waals surface area (Å²) < 4.78 is 49.9. The van der Waals surface area contributed by atoms with E-state index in [2.05, 4.69) is 0 Å². The van der Waals surface area contributed by atoms with Gasteiger partial charge in [0.1, 0.15) is 5.75 Å². The standard InChI is InChI=1S/C20H18F3NO4/c1-3-27-14-7-4-13(5-8-14)6-11-17(25)28-12(2)20(26)24-16-10-9-15(21)18(22)19(16)23/h4-12H,3H2,1-2H3,(H,24,26)/b11-6+. The molecular formula is C20H18F3NO4. The molecule has 1 N–H and O–H groups in total. The summed E-state index contributed by atoms with van der Waals surface area (Å²) >= 11 is 0. The highest BCUT2D eigenvalue weighted by Gasteiger charge is 2.20. The number of nitrogens with one attached hydrogen (secondary N) is 1. The zero-order valence-corrected chi connectivity index (χ0v) is 15.2. The molecule has 0 aliphatic rings. The lowest BCUT2D eigenvalue weighted by Crippen LogP contribution is -2.29. The van der Waals surface area contributed by atoms with Crippen LogP contribution in [-0.2, 0) is 14.3 Å². The molecule has 0 aromatic heterocycles. The Kier molecular flexibility index (Phi) is 7.20. The van der Waals surface area contributed by atoms with Gasteiger partial charge in [0.15, 0.2) is 23.6 Å². The summed E-state index contributed by atoms with van der Waals surface area (Å²) in [5.41, 5.74) is 0.151. The highest BCUT2D eigenvalue weighted by atomic mass is 19.2. The number of hydrogen-bond donors (Lipinski definition) is 1. The van der Waals surface area contributed by atoms with E-state index in [1.54, 1.807) is 24.3 Å². The molecule has 2 aromatic carbocycles. The fraction of sp³-hybridized carbons (Fsp3) is 0.200. The molecule has 1 amide bonds. The lowest BCUT2D eigenvalue weighted by Gasteiger charge is -2.13. The summed E-state index contributed by atoms with van der Waals surface area (Å²) in [7, 11) is 0. The minimum absolute atomic E-state index is 0.538. The second-order valence-electron chi connectivity index (χ2n) is 5.63. The van der Waals surface area contributed by atoms with Crippen molar-refractivity contribution in [3.63, 3.8) is 0 Å². The predicted octanol–water partition coefficient (Wildman–Crippen LogP) is 4.09. The van der Waals surface area contributed by atoms with Crippen LogP contribution in [-0.4, -0.2) is 24.6 Å². The number of halogens is 3. The molecule has 1 atom stereocenters. The molecule has 0 spiro atoms. The molecule has 5 nitrogen and oxygen atoms in total. The van der Waals surface area contributed by atoms with Gasteiger partial charge in [-0.2, -0.15) is 0 Å². The van der Waals surface area contributed by atoms with Crippen molar-refractivity contribution in [2.75, 3.05) is 11.9 Å². The minimum Gasteiger partial charge on any atom is -0.494 e. The lowest BCUT2D eigenvalue weighted by molar-refractivity contribution is -0.148. The SMILES string of the molecule is CCOc1ccc(/C=C/C(=O)OC(C)C(=O)Nc2ccc(F)c(F)c2F)cc1. The van der Waals surface area contributed by atoms with E-state index in [4.69, 9.17) is 9.47 Å². The van der Waals surface area contributed by atoms with Crippen LogP contribution in [0.3, 0.4) is 0 Å².